The average molecular weight is 450 g/mol. The van der Waals surface area contributed by atoms with Crippen LogP contribution < -0.4 is 11.1 Å². The zero-order valence-corrected chi connectivity index (χ0v) is 18.2. The monoisotopic (exact) mass is 450 g/mol. The number of fused-ring (bicyclic) bond motifs is 1. The number of likely N-dealkylation sites (tertiary alicyclic amines) is 1. The Morgan fingerprint density at radius 1 is 1.09 bits per heavy atom. The number of benzene rings is 1. The highest BCUT2D eigenvalue weighted by Gasteiger charge is 2.43. The van der Waals surface area contributed by atoms with Crippen molar-refractivity contribution in [2.75, 3.05) is 19.6 Å². The predicted molar refractivity (Wildman–Crippen MR) is 120 cm³/mol. The highest BCUT2D eigenvalue weighted by atomic mass is 16.5. The minimum atomic E-state index is -0.546. The molecule has 0 unspecified atom stereocenters. The summed E-state index contributed by atoms with van der Waals surface area (Å²) in [7, 11) is 0. The quantitative estimate of drug-likeness (QED) is 0.637. The van der Waals surface area contributed by atoms with Gasteiger partial charge in [0.2, 0.25) is 5.91 Å². The number of hydrogen-bond donors (Lipinski definition) is 1. The predicted octanol–water partition coefficient (Wildman–Crippen LogP) is 1.96. The van der Waals surface area contributed by atoms with E-state index in [4.69, 9.17) is 9.15 Å². The van der Waals surface area contributed by atoms with Crippen LogP contribution in [0.15, 0.2) is 58.0 Å². The molecule has 1 aromatic carbocycles. The van der Waals surface area contributed by atoms with Crippen molar-refractivity contribution in [3.8, 4) is 0 Å². The fourth-order valence-electron chi connectivity index (χ4n) is 4.79. The number of carbonyl (C=O) groups excluding carboxylic acids is 2. The van der Waals surface area contributed by atoms with Crippen molar-refractivity contribution in [3.63, 3.8) is 0 Å². The number of carbonyl (C=O) groups is 2. The second kappa shape index (κ2) is 8.82. The number of nitrogens with one attached hydrogen (secondary N) is 1. The molecule has 2 aliphatic rings. The van der Waals surface area contributed by atoms with Crippen LogP contribution in [0.25, 0.3) is 11.1 Å². The van der Waals surface area contributed by atoms with Gasteiger partial charge in [-0.25, -0.2) is 4.79 Å². The summed E-state index contributed by atoms with van der Waals surface area (Å²) in [6, 6.07) is 10.5. The standard InChI is InChI=1S/C24H26N4O5/c29-21(16-28-19-3-1-2-4-20(19)32-23(28)31)26-15-18-5-8-24(33-18)9-13-27(14-10-24)22(30)17-6-11-25-12-7-17/h1-4,6-7,11-12,18H,5,8-10,13-16H2,(H,26,29)/t18-/m1/s1. The minimum Gasteiger partial charge on any atom is -0.408 e. The maximum Gasteiger partial charge on any atom is 0.420 e. The Kier molecular flexibility index (Phi) is 5.72. The first kappa shape index (κ1) is 21.4. The first-order chi connectivity index (χ1) is 16.0. The molecule has 0 bridgehead atoms. The van der Waals surface area contributed by atoms with Gasteiger partial charge in [-0.1, -0.05) is 12.1 Å². The van der Waals surface area contributed by atoms with Gasteiger partial charge in [0.25, 0.3) is 5.91 Å². The van der Waals surface area contributed by atoms with Gasteiger partial charge in [-0.15, -0.1) is 0 Å². The highest BCUT2D eigenvalue weighted by Crippen LogP contribution is 2.39. The first-order valence-electron chi connectivity index (χ1n) is 11.3. The van der Waals surface area contributed by atoms with Gasteiger partial charge in [-0.2, -0.15) is 0 Å². The lowest BCUT2D eigenvalue weighted by Crippen LogP contribution is -2.47. The molecule has 0 radical (unpaired) electrons. The third-order valence-electron chi connectivity index (χ3n) is 6.63. The Morgan fingerprint density at radius 3 is 2.64 bits per heavy atom. The number of rotatable bonds is 5. The summed E-state index contributed by atoms with van der Waals surface area (Å²) < 4.78 is 12.9. The molecule has 2 saturated heterocycles. The topological polar surface area (TPSA) is 107 Å². The molecule has 3 aromatic rings. The van der Waals surface area contributed by atoms with Gasteiger partial charge >= 0.3 is 5.76 Å². The Morgan fingerprint density at radius 2 is 1.85 bits per heavy atom. The normalized spacial score (nSPS) is 19.8. The van der Waals surface area contributed by atoms with Crippen LogP contribution in [0.1, 0.15) is 36.0 Å². The van der Waals surface area contributed by atoms with E-state index in [9.17, 15) is 14.4 Å². The molecule has 33 heavy (non-hydrogen) atoms. The van der Waals surface area contributed by atoms with E-state index in [-0.39, 0.29) is 30.1 Å². The molecule has 5 rings (SSSR count). The lowest BCUT2D eigenvalue weighted by atomic mass is 9.88. The van der Waals surface area contributed by atoms with Gasteiger partial charge < -0.3 is 19.4 Å². The zero-order valence-electron chi connectivity index (χ0n) is 18.2. The molecule has 172 valence electrons. The van der Waals surface area contributed by atoms with Crippen molar-refractivity contribution < 1.29 is 18.7 Å². The summed E-state index contributed by atoms with van der Waals surface area (Å²) in [6.07, 6.45) is 6.51. The number of piperidine rings is 1. The number of amides is 2. The SMILES string of the molecule is O=C(Cn1c(=O)oc2ccccc21)NC[C@H]1CCC2(CCN(C(=O)c3ccncc3)CC2)O1. The fourth-order valence-corrected chi connectivity index (χ4v) is 4.79. The van der Waals surface area contributed by atoms with E-state index in [0.717, 1.165) is 25.7 Å². The molecule has 1 N–H and O–H groups in total. The third kappa shape index (κ3) is 4.41. The summed E-state index contributed by atoms with van der Waals surface area (Å²) in [6.45, 7) is 1.60. The van der Waals surface area contributed by atoms with Crippen LogP contribution in [0.4, 0.5) is 0 Å². The third-order valence-corrected chi connectivity index (χ3v) is 6.63. The molecule has 2 aromatic heterocycles. The average Bonchev–Trinajstić information content (AvgIpc) is 3.39. The number of pyridine rings is 1. The molecule has 0 saturated carbocycles. The van der Waals surface area contributed by atoms with Crippen LogP contribution in [0.3, 0.4) is 0 Å². The van der Waals surface area contributed by atoms with Gasteiger partial charge in [0.1, 0.15) is 6.54 Å². The highest BCUT2D eigenvalue weighted by molar-refractivity contribution is 5.94. The van der Waals surface area contributed by atoms with Gasteiger partial charge in [-0.3, -0.25) is 19.1 Å². The van der Waals surface area contributed by atoms with E-state index in [1.807, 2.05) is 4.90 Å². The van der Waals surface area contributed by atoms with E-state index in [0.29, 0.717) is 36.3 Å². The molecule has 9 nitrogen and oxygen atoms in total. The number of hydrogen-bond acceptors (Lipinski definition) is 6. The molecule has 0 aliphatic carbocycles. The molecule has 2 aliphatic heterocycles. The summed E-state index contributed by atoms with van der Waals surface area (Å²) in [4.78, 5) is 43.0. The lowest BCUT2D eigenvalue weighted by Gasteiger charge is -2.39. The Hall–Kier alpha value is -3.46. The van der Waals surface area contributed by atoms with E-state index in [1.54, 1.807) is 48.8 Å². The molecule has 9 heteroatoms. The summed E-state index contributed by atoms with van der Waals surface area (Å²) in [5.41, 5.74) is 1.48. The van der Waals surface area contributed by atoms with Crippen LogP contribution in [0, 0.1) is 0 Å². The van der Waals surface area contributed by atoms with Crippen LogP contribution in [0.2, 0.25) is 0 Å². The molecule has 1 spiro atoms. The maximum atomic E-state index is 12.7. The number of nitrogens with zero attached hydrogens (tertiary/aromatic N) is 3. The maximum absolute atomic E-state index is 12.7. The van der Waals surface area contributed by atoms with Crippen LogP contribution >= 0.6 is 0 Å². The smallest absolute Gasteiger partial charge is 0.408 e. The Labute approximate surface area is 190 Å². The second-order valence-electron chi connectivity index (χ2n) is 8.72. The molecule has 4 heterocycles. The van der Waals surface area contributed by atoms with Gasteiger partial charge in [0.15, 0.2) is 5.58 Å². The molecule has 1 atom stereocenters. The lowest BCUT2D eigenvalue weighted by molar-refractivity contribution is -0.123. The largest absolute Gasteiger partial charge is 0.420 e. The summed E-state index contributed by atoms with van der Waals surface area (Å²) >= 11 is 0. The van der Waals surface area contributed by atoms with Gasteiger partial charge in [0.05, 0.1) is 17.2 Å². The number of aromatic nitrogens is 2. The van der Waals surface area contributed by atoms with E-state index in [1.165, 1.54) is 4.57 Å². The number of ether oxygens (including phenoxy) is 1. The Bertz CT molecular complexity index is 1210. The van der Waals surface area contributed by atoms with Crippen molar-refractivity contribution >= 4 is 22.9 Å². The van der Waals surface area contributed by atoms with Crippen LogP contribution in [-0.4, -0.2) is 57.6 Å². The van der Waals surface area contributed by atoms with Crippen LogP contribution in [0.5, 0.6) is 0 Å². The van der Waals surface area contributed by atoms with Crippen molar-refractivity contribution in [2.45, 2.75) is 43.9 Å². The van der Waals surface area contributed by atoms with Crippen molar-refractivity contribution in [1.82, 2.24) is 19.8 Å². The van der Waals surface area contributed by atoms with E-state index >= 15 is 0 Å². The van der Waals surface area contributed by atoms with Gasteiger partial charge in [-0.05, 0) is 49.9 Å². The van der Waals surface area contributed by atoms with Crippen molar-refractivity contribution in [1.29, 1.82) is 0 Å². The molecular weight excluding hydrogens is 424 g/mol. The molecule has 2 amide bonds. The summed E-state index contributed by atoms with van der Waals surface area (Å²) in [5.74, 6) is -0.780. The van der Waals surface area contributed by atoms with Crippen molar-refractivity contribution in [3.05, 3.63) is 64.9 Å². The second-order valence-corrected chi connectivity index (χ2v) is 8.72. The zero-order chi connectivity index (χ0) is 22.8. The Balaban J connectivity index is 1.11. The molecule has 2 fully saturated rings. The molecular formula is C24H26N4O5. The van der Waals surface area contributed by atoms with E-state index in [2.05, 4.69) is 10.3 Å². The first-order valence-corrected chi connectivity index (χ1v) is 11.3. The van der Waals surface area contributed by atoms with Crippen molar-refractivity contribution in [2.24, 2.45) is 0 Å². The van der Waals surface area contributed by atoms with Crippen LogP contribution in [-0.2, 0) is 16.1 Å². The number of oxazole rings is 1. The minimum absolute atomic E-state index is 0.0241. The fraction of sp³-hybridized carbons (Fsp3) is 0.417. The van der Waals surface area contributed by atoms with E-state index < -0.39 is 5.76 Å². The number of para-hydroxylation sites is 2. The summed E-state index contributed by atoms with van der Waals surface area (Å²) in [5, 5.41) is 2.89. The van der Waals surface area contributed by atoms with Gasteiger partial charge in [0, 0.05) is 37.6 Å².